The van der Waals surface area contributed by atoms with Gasteiger partial charge in [0.2, 0.25) is 11.0 Å². The number of nitrogens with zero attached hydrogens (tertiary/aromatic N) is 2. The molecule has 5 nitrogen and oxygen atoms in total. The van der Waals surface area contributed by atoms with E-state index in [0.717, 1.165) is 23.8 Å². The van der Waals surface area contributed by atoms with E-state index in [9.17, 15) is 4.79 Å². The fourth-order valence-electron chi connectivity index (χ4n) is 1.22. The standard InChI is InChI=1S/C10H18N4OS/c1-3-5-8-13-10(16-14-8)12-7-6-9(15)11-4-2/h3-7H2,1-2H3,(H,11,15)(H,12,13,14). The second kappa shape index (κ2) is 7.16. The van der Waals surface area contributed by atoms with Crippen LogP contribution in [0.2, 0.25) is 0 Å². The molecule has 16 heavy (non-hydrogen) atoms. The van der Waals surface area contributed by atoms with Gasteiger partial charge in [-0.2, -0.15) is 4.37 Å². The van der Waals surface area contributed by atoms with E-state index in [1.807, 2.05) is 6.92 Å². The van der Waals surface area contributed by atoms with Crippen molar-refractivity contribution in [1.82, 2.24) is 14.7 Å². The minimum atomic E-state index is 0.0632. The van der Waals surface area contributed by atoms with Crippen LogP contribution in [0.5, 0.6) is 0 Å². The molecule has 1 rings (SSSR count). The highest BCUT2D eigenvalue weighted by Gasteiger charge is 2.03. The quantitative estimate of drug-likeness (QED) is 0.759. The number of nitrogens with one attached hydrogen (secondary N) is 2. The molecule has 0 aliphatic heterocycles. The van der Waals surface area contributed by atoms with Crippen molar-refractivity contribution < 1.29 is 4.79 Å². The van der Waals surface area contributed by atoms with Crippen LogP contribution in [0.4, 0.5) is 5.13 Å². The van der Waals surface area contributed by atoms with Crippen LogP contribution in [0.15, 0.2) is 0 Å². The van der Waals surface area contributed by atoms with Crippen LogP contribution in [0.1, 0.15) is 32.5 Å². The minimum absolute atomic E-state index is 0.0632. The third kappa shape index (κ3) is 4.57. The first-order valence-electron chi connectivity index (χ1n) is 5.59. The zero-order chi connectivity index (χ0) is 11.8. The molecule has 0 atom stereocenters. The molecule has 0 saturated heterocycles. The molecule has 1 aromatic heterocycles. The molecule has 0 saturated carbocycles. The normalized spacial score (nSPS) is 10.1. The van der Waals surface area contributed by atoms with E-state index < -0.39 is 0 Å². The molecule has 0 fully saturated rings. The Morgan fingerprint density at radius 2 is 2.25 bits per heavy atom. The zero-order valence-electron chi connectivity index (χ0n) is 9.75. The predicted octanol–water partition coefficient (Wildman–Crippen LogP) is 1.43. The Morgan fingerprint density at radius 3 is 2.94 bits per heavy atom. The van der Waals surface area contributed by atoms with Crippen LogP contribution in [0.3, 0.4) is 0 Å². The highest BCUT2D eigenvalue weighted by atomic mass is 32.1. The largest absolute Gasteiger partial charge is 0.360 e. The summed E-state index contributed by atoms with van der Waals surface area (Å²) < 4.78 is 4.21. The van der Waals surface area contributed by atoms with E-state index in [0.29, 0.717) is 19.5 Å². The maximum absolute atomic E-state index is 11.2. The number of amides is 1. The summed E-state index contributed by atoms with van der Waals surface area (Å²) in [7, 11) is 0. The van der Waals surface area contributed by atoms with Gasteiger partial charge in [0, 0.05) is 37.5 Å². The summed E-state index contributed by atoms with van der Waals surface area (Å²) in [4.78, 5) is 15.5. The Kier molecular flexibility index (Phi) is 5.77. The molecular formula is C10H18N4OS. The molecule has 0 aliphatic rings. The van der Waals surface area contributed by atoms with Gasteiger partial charge in [0.15, 0.2) is 0 Å². The van der Waals surface area contributed by atoms with Crippen LogP contribution >= 0.6 is 11.5 Å². The summed E-state index contributed by atoms with van der Waals surface area (Å²) in [6.07, 6.45) is 2.43. The number of aryl methyl sites for hydroxylation is 1. The molecule has 0 aliphatic carbocycles. The molecule has 0 radical (unpaired) electrons. The first-order chi connectivity index (χ1) is 7.76. The summed E-state index contributed by atoms with van der Waals surface area (Å²) >= 11 is 1.35. The molecular weight excluding hydrogens is 224 g/mol. The highest BCUT2D eigenvalue weighted by molar-refractivity contribution is 7.09. The third-order valence-corrected chi connectivity index (χ3v) is 2.65. The van der Waals surface area contributed by atoms with Crippen molar-refractivity contribution in [2.45, 2.75) is 33.1 Å². The third-order valence-electron chi connectivity index (χ3n) is 1.94. The van der Waals surface area contributed by atoms with Crippen molar-refractivity contribution in [3.63, 3.8) is 0 Å². The number of carbonyl (C=O) groups excluding carboxylic acids is 1. The number of carbonyl (C=O) groups is 1. The average Bonchev–Trinajstić information content (AvgIpc) is 2.67. The number of anilines is 1. The minimum Gasteiger partial charge on any atom is -0.360 e. The molecule has 90 valence electrons. The second-order valence-corrected chi connectivity index (χ2v) is 4.15. The summed E-state index contributed by atoms with van der Waals surface area (Å²) in [6, 6.07) is 0. The van der Waals surface area contributed by atoms with Gasteiger partial charge in [-0.15, -0.1) is 0 Å². The van der Waals surface area contributed by atoms with Crippen LogP contribution in [-0.2, 0) is 11.2 Å². The van der Waals surface area contributed by atoms with Gasteiger partial charge in [0.05, 0.1) is 0 Å². The van der Waals surface area contributed by atoms with E-state index >= 15 is 0 Å². The van der Waals surface area contributed by atoms with E-state index in [-0.39, 0.29) is 5.91 Å². The van der Waals surface area contributed by atoms with E-state index in [4.69, 9.17) is 0 Å². The predicted molar refractivity (Wildman–Crippen MR) is 65.7 cm³/mol. The van der Waals surface area contributed by atoms with Gasteiger partial charge in [-0.25, -0.2) is 4.98 Å². The van der Waals surface area contributed by atoms with Gasteiger partial charge in [-0.3, -0.25) is 4.79 Å². The first kappa shape index (κ1) is 12.9. The Hall–Kier alpha value is -1.17. The van der Waals surface area contributed by atoms with Crippen LogP contribution in [0, 0.1) is 0 Å². The molecule has 6 heteroatoms. The van der Waals surface area contributed by atoms with Crippen LogP contribution in [-0.4, -0.2) is 28.4 Å². The van der Waals surface area contributed by atoms with Crippen molar-refractivity contribution in [1.29, 1.82) is 0 Å². The Bertz CT molecular complexity index is 326. The smallest absolute Gasteiger partial charge is 0.221 e. The fourth-order valence-corrected chi connectivity index (χ4v) is 1.86. The van der Waals surface area contributed by atoms with Crippen LogP contribution < -0.4 is 10.6 Å². The van der Waals surface area contributed by atoms with E-state index in [1.54, 1.807) is 0 Å². The van der Waals surface area contributed by atoms with Crippen molar-refractivity contribution in [2.75, 3.05) is 18.4 Å². The van der Waals surface area contributed by atoms with E-state index in [2.05, 4.69) is 26.9 Å². The fraction of sp³-hybridized carbons (Fsp3) is 0.700. The molecule has 1 amide bonds. The van der Waals surface area contributed by atoms with Gasteiger partial charge in [-0.1, -0.05) is 6.92 Å². The molecule has 0 spiro atoms. The van der Waals surface area contributed by atoms with Gasteiger partial charge in [0.25, 0.3) is 0 Å². The lowest BCUT2D eigenvalue weighted by Crippen LogP contribution is -2.24. The van der Waals surface area contributed by atoms with Gasteiger partial charge >= 0.3 is 0 Å². The highest BCUT2D eigenvalue weighted by Crippen LogP contribution is 2.11. The molecule has 0 bridgehead atoms. The lowest BCUT2D eigenvalue weighted by atomic mass is 10.3. The lowest BCUT2D eigenvalue weighted by molar-refractivity contribution is -0.120. The lowest BCUT2D eigenvalue weighted by Gasteiger charge is -2.02. The summed E-state index contributed by atoms with van der Waals surface area (Å²) in [5, 5.41) is 6.64. The molecule has 1 heterocycles. The van der Waals surface area contributed by atoms with E-state index in [1.165, 1.54) is 11.5 Å². The van der Waals surface area contributed by atoms with Crippen molar-refractivity contribution in [3.8, 4) is 0 Å². The van der Waals surface area contributed by atoms with Crippen molar-refractivity contribution in [2.24, 2.45) is 0 Å². The molecule has 0 unspecified atom stereocenters. The SMILES string of the molecule is CCCc1nsc(NCCC(=O)NCC)n1. The Balaban J connectivity index is 2.23. The topological polar surface area (TPSA) is 66.9 Å². The zero-order valence-corrected chi connectivity index (χ0v) is 10.6. The Labute approximate surface area is 99.8 Å². The summed E-state index contributed by atoms with van der Waals surface area (Å²) in [5.41, 5.74) is 0. The number of rotatable bonds is 7. The van der Waals surface area contributed by atoms with Gasteiger partial charge in [0.1, 0.15) is 5.82 Å². The second-order valence-electron chi connectivity index (χ2n) is 3.40. The molecule has 1 aromatic rings. The summed E-state index contributed by atoms with van der Waals surface area (Å²) in [5.74, 6) is 0.946. The van der Waals surface area contributed by atoms with Gasteiger partial charge < -0.3 is 10.6 Å². The van der Waals surface area contributed by atoms with Crippen LogP contribution in [0.25, 0.3) is 0 Å². The molecule has 2 N–H and O–H groups in total. The Morgan fingerprint density at radius 1 is 1.44 bits per heavy atom. The van der Waals surface area contributed by atoms with Crippen molar-refractivity contribution >= 4 is 22.6 Å². The monoisotopic (exact) mass is 242 g/mol. The first-order valence-corrected chi connectivity index (χ1v) is 6.36. The number of hydrogen-bond acceptors (Lipinski definition) is 5. The maximum Gasteiger partial charge on any atom is 0.221 e. The van der Waals surface area contributed by atoms with Gasteiger partial charge in [-0.05, 0) is 13.3 Å². The summed E-state index contributed by atoms with van der Waals surface area (Å²) in [6.45, 7) is 5.29. The maximum atomic E-state index is 11.2. The molecule has 0 aromatic carbocycles. The number of hydrogen-bond donors (Lipinski definition) is 2. The number of aromatic nitrogens is 2. The average molecular weight is 242 g/mol. The van der Waals surface area contributed by atoms with Crippen molar-refractivity contribution in [3.05, 3.63) is 5.82 Å².